The second-order valence-electron chi connectivity index (χ2n) is 4.57. The first kappa shape index (κ1) is 9.48. The molecule has 0 aromatic heterocycles. The molecule has 2 aliphatic carbocycles. The van der Waals surface area contributed by atoms with Gasteiger partial charge in [0.2, 0.25) is 0 Å². The van der Waals surface area contributed by atoms with Crippen LogP contribution in [0.2, 0.25) is 0 Å². The van der Waals surface area contributed by atoms with Crippen molar-refractivity contribution < 1.29 is 0 Å². The second kappa shape index (κ2) is 3.39. The Kier molecular flexibility index (Phi) is 2.01. The van der Waals surface area contributed by atoms with Crippen LogP contribution in [0.1, 0.15) is 30.9 Å². The average molecular weight is 206 g/mol. The van der Waals surface area contributed by atoms with E-state index in [1.165, 1.54) is 22.3 Å². The molecule has 2 atom stereocenters. The van der Waals surface area contributed by atoms with Crippen molar-refractivity contribution in [1.29, 1.82) is 0 Å². The molecule has 0 nitrogen and oxygen atoms in total. The Morgan fingerprint density at radius 3 is 3.00 bits per heavy atom. The van der Waals surface area contributed by atoms with Crippen molar-refractivity contribution in [1.82, 2.24) is 0 Å². The fraction of sp³-hybridized carbons (Fsp3) is 0.250. The number of allylic oxidation sites excluding steroid dienone is 6. The molecule has 0 saturated heterocycles. The highest BCUT2D eigenvalue weighted by molar-refractivity contribution is 5.75. The van der Waals surface area contributed by atoms with Gasteiger partial charge in [0.25, 0.3) is 0 Å². The molecule has 0 amide bonds. The molecule has 0 fully saturated rings. The SMILES string of the molecule is CC1=C2C=CC=CC2C(C)c2c#cccc21. The Balaban J connectivity index is 2.26. The van der Waals surface area contributed by atoms with E-state index in [2.05, 4.69) is 56.4 Å². The second-order valence-corrected chi connectivity index (χ2v) is 4.57. The predicted molar refractivity (Wildman–Crippen MR) is 66.9 cm³/mol. The molecule has 1 aromatic carbocycles. The van der Waals surface area contributed by atoms with E-state index in [-0.39, 0.29) is 0 Å². The Labute approximate surface area is 97.0 Å². The van der Waals surface area contributed by atoms with E-state index < -0.39 is 0 Å². The highest BCUT2D eigenvalue weighted by atomic mass is 14.3. The first-order valence-electron chi connectivity index (χ1n) is 5.77. The molecule has 0 N–H and O–H groups in total. The van der Waals surface area contributed by atoms with Crippen LogP contribution in [0.25, 0.3) is 5.57 Å². The summed E-state index contributed by atoms with van der Waals surface area (Å²) < 4.78 is 0. The molecule has 3 rings (SSSR count). The number of hydrogen-bond donors (Lipinski definition) is 0. The quantitative estimate of drug-likeness (QED) is 0.603. The summed E-state index contributed by atoms with van der Waals surface area (Å²) in [7, 11) is 0. The maximum absolute atomic E-state index is 3.28. The fourth-order valence-corrected chi connectivity index (χ4v) is 2.79. The van der Waals surface area contributed by atoms with E-state index in [4.69, 9.17) is 0 Å². The summed E-state index contributed by atoms with van der Waals surface area (Å²) >= 11 is 0. The first-order valence-corrected chi connectivity index (χ1v) is 5.77. The molecule has 78 valence electrons. The van der Waals surface area contributed by atoms with Crippen LogP contribution in [0.3, 0.4) is 0 Å². The lowest BCUT2D eigenvalue weighted by Gasteiger charge is -2.31. The maximum atomic E-state index is 3.28. The van der Waals surface area contributed by atoms with Gasteiger partial charge in [-0.3, -0.25) is 0 Å². The zero-order chi connectivity index (χ0) is 11.1. The molecular formula is C16H14. The third kappa shape index (κ3) is 1.18. The summed E-state index contributed by atoms with van der Waals surface area (Å²) in [6, 6.07) is 10.5. The van der Waals surface area contributed by atoms with E-state index in [9.17, 15) is 0 Å². The molecule has 0 radical (unpaired) electrons. The van der Waals surface area contributed by atoms with Crippen LogP contribution < -0.4 is 0 Å². The smallest absolute Gasteiger partial charge is 0.0137 e. The van der Waals surface area contributed by atoms with Crippen LogP contribution in [0.5, 0.6) is 0 Å². The van der Waals surface area contributed by atoms with Crippen molar-refractivity contribution in [3.8, 4) is 0 Å². The van der Waals surface area contributed by atoms with Crippen molar-refractivity contribution in [3.05, 3.63) is 65.3 Å². The number of hydrogen-bond acceptors (Lipinski definition) is 0. The van der Waals surface area contributed by atoms with Crippen LogP contribution in [0.15, 0.2) is 42.0 Å². The highest BCUT2D eigenvalue weighted by Crippen LogP contribution is 2.43. The van der Waals surface area contributed by atoms with Gasteiger partial charge < -0.3 is 0 Å². The van der Waals surface area contributed by atoms with Crippen LogP contribution in [0.4, 0.5) is 0 Å². The molecule has 0 aliphatic heterocycles. The van der Waals surface area contributed by atoms with Crippen molar-refractivity contribution in [3.63, 3.8) is 0 Å². The summed E-state index contributed by atoms with van der Waals surface area (Å²) in [6.45, 7) is 4.49. The summed E-state index contributed by atoms with van der Waals surface area (Å²) in [5.41, 5.74) is 5.51. The molecule has 0 heterocycles. The lowest BCUT2D eigenvalue weighted by atomic mass is 9.72. The van der Waals surface area contributed by atoms with Crippen LogP contribution in [-0.2, 0) is 0 Å². The van der Waals surface area contributed by atoms with Gasteiger partial charge in [0.1, 0.15) is 0 Å². The van der Waals surface area contributed by atoms with Gasteiger partial charge >= 0.3 is 0 Å². The molecule has 0 heteroatoms. The Morgan fingerprint density at radius 1 is 1.25 bits per heavy atom. The van der Waals surface area contributed by atoms with Gasteiger partial charge in [0.05, 0.1) is 0 Å². The minimum Gasteiger partial charge on any atom is -0.0764 e. The standard InChI is InChI=1S/C16H14/c1-11-13-7-3-5-9-15(13)12(2)16-10-6-4-8-14(11)16/h3-5,7-9,12,15H,1-2H3. The summed E-state index contributed by atoms with van der Waals surface area (Å²) in [5, 5.41) is 0. The summed E-state index contributed by atoms with van der Waals surface area (Å²) in [4.78, 5) is 0. The Morgan fingerprint density at radius 2 is 2.12 bits per heavy atom. The normalized spacial score (nSPS) is 26.1. The predicted octanol–water partition coefficient (Wildman–Crippen LogP) is 3.92. The number of rotatable bonds is 0. The Bertz CT molecular complexity index is 515. The van der Waals surface area contributed by atoms with Crippen molar-refractivity contribution in [2.45, 2.75) is 19.8 Å². The van der Waals surface area contributed by atoms with Crippen LogP contribution in [-0.4, -0.2) is 0 Å². The molecule has 2 unspecified atom stereocenters. The largest absolute Gasteiger partial charge is 0.0764 e. The first-order chi connectivity index (χ1) is 7.79. The van der Waals surface area contributed by atoms with Crippen molar-refractivity contribution in [2.24, 2.45) is 5.92 Å². The Hall–Kier alpha value is -1.74. The summed E-state index contributed by atoms with van der Waals surface area (Å²) in [5.74, 6) is 1.02. The molecule has 2 aliphatic rings. The molecule has 0 saturated carbocycles. The van der Waals surface area contributed by atoms with Gasteiger partial charge in [0, 0.05) is 11.5 Å². The van der Waals surface area contributed by atoms with E-state index in [0.717, 1.165) is 0 Å². The highest BCUT2D eigenvalue weighted by Gasteiger charge is 2.29. The topological polar surface area (TPSA) is 0 Å². The van der Waals surface area contributed by atoms with E-state index in [1.54, 1.807) is 0 Å². The fourth-order valence-electron chi connectivity index (χ4n) is 2.79. The van der Waals surface area contributed by atoms with Crippen LogP contribution >= 0.6 is 0 Å². The zero-order valence-corrected chi connectivity index (χ0v) is 9.62. The molecule has 0 spiro atoms. The van der Waals surface area contributed by atoms with Crippen LogP contribution in [0, 0.1) is 18.1 Å². The molecule has 1 aromatic rings. The molecule has 0 bridgehead atoms. The molecule has 16 heavy (non-hydrogen) atoms. The van der Waals surface area contributed by atoms with Crippen molar-refractivity contribution >= 4 is 5.57 Å². The van der Waals surface area contributed by atoms with Gasteiger partial charge in [-0.15, -0.1) is 0 Å². The van der Waals surface area contributed by atoms with E-state index in [0.29, 0.717) is 11.8 Å². The lowest BCUT2D eigenvalue weighted by Crippen LogP contribution is -2.18. The minimum absolute atomic E-state index is 0.507. The van der Waals surface area contributed by atoms with Gasteiger partial charge in [-0.2, -0.15) is 0 Å². The average Bonchev–Trinajstić information content (AvgIpc) is 2.36. The van der Waals surface area contributed by atoms with Gasteiger partial charge in [-0.25, -0.2) is 0 Å². The third-order valence-corrected chi connectivity index (χ3v) is 3.73. The lowest BCUT2D eigenvalue weighted by molar-refractivity contribution is 0.613. The monoisotopic (exact) mass is 206 g/mol. The summed E-state index contributed by atoms with van der Waals surface area (Å²) in [6.07, 6.45) is 8.82. The van der Waals surface area contributed by atoms with Crippen molar-refractivity contribution in [2.75, 3.05) is 0 Å². The molecular weight excluding hydrogens is 192 g/mol. The van der Waals surface area contributed by atoms with Gasteiger partial charge in [-0.1, -0.05) is 43.4 Å². The van der Waals surface area contributed by atoms with E-state index >= 15 is 0 Å². The third-order valence-electron chi connectivity index (χ3n) is 3.73. The minimum atomic E-state index is 0.507. The van der Waals surface area contributed by atoms with Gasteiger partial charge in [-0.05, 0) is 41.7 Å². The zero-order valence-electron chi connectivity index (χ0n) is 9.62. The number of fused-ring (bicyclic) bond motifs is 2. The maximum Gasteiger partial charge on any atom is 0.0137 e. The van der Waals surface area contributed by atoms with E-state index in [1.807, 2.05) is 6.07 Å². The van der Waals surface area contributed by atoms with Gasteiger partial charge in [0.15, 0.2) is 0 Å².